The van der Waals surface area contributed by atoms with Gasteiger partial charge in [-0.2, -0.15) is 0 Å². The predicted octanol–water partition coefficient (Wildman–Crippen LogP) is 1.74. The van der Waals surface area contributed by atoms with Crippen molar-refractivity contribution >= 4 is 35.1 Å². The number of carbonyl (C=O) groups excluding carboxylic acids is 6. The topological polar surface area (TPSA) is 190 Å². The Labute approximate surface area is 235 Å². The smallest absolute Gasteiger partial charge is 0.412 e. The van der Waals surface area contributed by atoms with Gasteiger partial charge in [0.25, 0.3) is 0 Å². The molecule has 214 valence electrons. The number of Topliss-reactive ketones (excluding diaryl/α,β-unsaturated/α-hetero) is 4. The summed E-state index contributed by atoms with van der Waals surface area (Å²) >= 11 is 0. The van der Waals surface area contributed by atoms with Gasteiger partial charge in [-0.25, -0.2) is 4.79 Å². The van der Waals surface area contributed by atoms with Crippen LogP contribution in [0.15, 0.2) is 36.4 Å². The van der Waals surface area contributed by atoms with Crippen LogP contribution >= 0.6 is 0 Å². The van der Waals surface area contributed by atoms with E-state index in [0.717, 1.165) is 5.56 Å². The summed E-state index contributed by atoms with van der Waals surface area (Å²) in [5.41, 5.74) is 3.91. The highest BCUT2D eigenvalue weighted by atomic mass is 16.6. The number of primary amides is 1. The van der Waals surface area contributed by atoms with Gasteiger partial charge in [0.05, 0.1) is 11.5 Å². The monoisotopic (exact) mass is 562 g/mol. The second kappa shape index (κ2) is 10.2. The minimum absolute atomic E-state index is 0.0218. The Morgan fingerprint density at radius 1 is 1.10 bits per heavy atom. The summed E-state index contributed by atoms with van der Waals surface area (Å²) in [6.07, 6.45) is -0.960. The van der Waals surface area contributed by atoms with E-state index < -0.39 is 76.6 Å². The van der Waals surface area contributed by atoms with E-state index in [1.54, 1.807) is 36.4 Å². The lowest BCUT2D eigenvalue weighted by molar-refractivity contribution is -0.175. The van der Waals surface area contributed by atoms with Crippen LogP contribution in [0.1, 0.15) is 59.7 Å². The van der Waals surface area contributed by atoms with Gasteiger partial charge in [0.1, 0.15) is 11.5 Å². The molecule has 0 bridgehead atoms. The van der Waals surface area contributed by atoms with E-state index in [9.17, 15) is 39.0 Å². The molecule has 0 saturated heterocycles. The number of hydrogen-bond donors (Lipinski definition) is 4. The number of nitrogens with two attached hydrogens (primary N) is 1. The number of fused-ring (bicyclic) bond motifs is 3. The Bertz CT molecular complexity index is 1500. The minimum atomic E-state index is -2.71. The van der Waals surface area contributed by atoms with Gasteiger partial charge in [-0.05, 0) is 54.0 Å². The van der Waals surface area contributed by atoms with Crippen LogP contribution < -0.4 is 15.8 Å². The molecule has 0 spiro atoms. The van der Waals surface area contributed by atoms with Crippen molar-refractivity contribution in [3.05, 3.63) is 58.7 Å². The molecule has 3 aliphatic rings. The van der Waals surface area contributed by atoms with Gasteiger partial charge in [-0.15, -0.1) is 0 Å². The normalized spacial score (nSPS) is 27.1. The molecule has 2 aromatic rings. The van der Waals surface area contributed by atoms with Crippen LogP contribution in [0.2, 0.25) is 0 Å². The lowest BCUT2D eigenvalue weighted by Gasteiger charge is -2.48. The Hall–Kier alpha value is -4.38. The number of amides is 2. The maximum atomic E-state index is 13.9. The quantitative estimate of drug-likeness (QED) is 0.393. The molecule has 2 fully saturated rings. The van der Waals surface area contributed by atoms with E-state index in [2.05, 4.69) is 5.32 Å². The molecule has 0 aliphatic heterocycles. The van der Waals surface area contributed by atoms with E-state index >= 15 is 0 Å². The van der Waals surface area contributed by atoms with Gasteiger partial charge in [0, 0.05) is 24.4 Å². The molecule has 2 saturated carbocycles. The molecule has 0 heterocycles. The standard InChI is InChI=1S/C30H30N2O9/c1-13(2)18-10-15(12-32-29(39)41-17-6-4-3-5-7-17)24(34)22-19(18)9-14-8-16-11-20(33)23(28(31)38)27(37)30(16,40)26(36)21(14)25(22)35/h3-7,10,13-14,16,21,23,34,40H,8-9,11-12H2,1-2H3,(H2,31,38)(H,32,39)/t14-,16+,21?,23?,30+/m1/s1. The van der Waals surface area contributed by atoms with Crippen molar-refractivity contribution in [1.29, 1.82) is 0 Å². The van der Waals surface area contributed by atoms with Gasteiger partial charge >= 0.3 is 6.09 Å². The summed E-state index contributed by atoms with van der Waals surface area (Å²) < 4.78 is 5.22. The molecule has 2 amide bonds. The van der Waals surface area contributed by atoms with E-state index in [0.29, 0.717) is 11.3 Å². The number of ether oxygens (including phenoxy) is 1. The zero-order valence-electron chi connectivity index (χ0n) is 22.5. The largest absolute Gasteiger partial charge is 0.507 e. The summed E-state index contributed by atoms with van der Waals surface area (Å²) in [6.45, 7) is 3.61. The van der Waals surface area contributed by atoms with Crippen molar-refractivity contribution in [1.82, 2.24) is 5.32 Å². The highest BCUT2D eigenvalue weighted by molar-refractivity contribution is 6.31. The van der Waals surface area contributed by atoms with E-state index in [1.165, 1.54) is 0 Å². The average molecular weight is 563 g/mol. The zero-order valence-corrected chi connectivity index (χ0v) is 22.5. The van der Waals surface area contributed by atoms with Crippen molar-refractivity contribution in [2.45, 2.75) is 51.2 Å². The summed E-state index contributed by atoms with van der Waals surface area (Å²) in [4.78, 5) is 77.4. The fourth-order valence-electron chi connectivity index (χ4n) is 6.57. The van der Waals surface area contributed by atoms with Crippen molar-refractivity contribution in [3.8, 4) is 11.5 Å². The molecule has 3 aliphatic carbocycles. The third kappa shape index (κ3) is 4.50. The number of phenolic OH excluding ortho intramolecular Hbond substituents is 1. The van der Waals surface area contributed by atoms with Crippen molar-refractivity contribution in [2.75, 3.05) is 0 Å². The van der Waals surface area contributed by atoms with Crippen LogP contribution in [0, 0.1) is 23.7 Å². The maximum absolute atomic E-state index is 13.9. The predicted molar refractivity (Wildman–Crippen MR) is 142 cm³/mol. The van der Waals surface area contributed by atoms with E-state index in [1.807, 2.05) is 13.8 Å². The van der Waals surface area contributed by atoms with Crippen LogP contribution in [0.3, 0.4) is 0 Å². The van der Waals surface area contributed by atoms with E-state index in [4.69, 9.17) is 10.5 Å². The van der Waals surface area contributed by atoms with Crippen molar-refractivity contribution in [3.63, 3.8) is 0 Å². The maximum Gasteiger partial charge on any atom is 0.412 e. The molecule has 41 heavy (non-hydrogen) atoms. The number of carbonyl (C=O) groups is 6. The van der Waals surface area contributed by atoms with Gasteiger partial charge in [0.15, 0.2) is 34.7 Å². The molecular formula is C30H30N2O9. The van der Waals surface area contributed by atoms with Gasteiger partial charge in [-0.3, -0.25) is 24.0 Å². The summed E-state index contributed by atoms with van der Waals surface area (Å²) in [5, 5.41) is 25.1. The second-order valence-electron chi connectivity index (χ2n) is 11.3. The average Bonchev–Trinajstić information content (AvgIpc) is 2.90. The molecule has 5 N–H and O–H groups in total. The van der Waals surface area contributed by atoms with Crippen LogP contribution in [0.25, 0.3) is 0 Å². The number of para-hydroxylation sites is 1. The van der Waals surface area contributed by atoms with Gasteiger partial charge < -0.3 is 26.0 Å². The molecule has 2 unspecified atom stereocenters. The number of aliphatic hydroxyl groups is 1. The zero-order chi connectivity index (χ0) is 29.8. The molecule has 2 aromatic carbocycles. The third-order valence-electron chi connectivity index (χ3n) is 8.51. The molecule has 5 atom stereocenters. The Morgan fingerprint density at radius 3 is 2.41 bits per heavy atom. The van der Waals surface area contributed by atoms with Crippen LogP contribution in [-0.2, 0) is 32.1 Å². The Morgan fingerprint density at radius 2 is 1.78 bits per heavy atom. The van der Waals surface area contributed by atoms with E-state index in [-0.39, 0.29) is 36.4 Å². The molecule has 11 nitrogen and oxygen atoms in total. The lowest BCUT2D eigenvalue weighted by atomic mass is 9.53. The molecule has 0 radical (unpaired) electrons. The van der Waals surface area contributed by atoms with Gasteiger partial charge in [-0.1, -0.05) is 32.0 Å². The summed E-state index contributed by atoms with van der Waals surface area (Å²) in [6, 6.07) is 10.1. The Kier molecular flexibility index (Phi) is 7.02. The molecule has 5 rings (SSSR count). The van der Waals surface area contributed by atoms with Crippen molar-refractivity contribution in [2.24, 2.45) is 29.4 Å². The number of hydrogen-bond acceptors (Lipinski definition) is 9. The Balaban J connectivity index is 1.49. The number of phenols is 1. The first-order valence-corrected chi connectivity index (χ1v) is 13.4. The first kappa shape index (κ1) is 28.2. The van der Waals surface area contributed by atoms with Gasteiger partial charge in [0.2, 0.25) is 5.91 Å². The molecular weight excluding hydrogens is 532 g/mol. The fraction of sp³-hybridized carbons (Fsp3) is 0.400. The number of aromatic hydroxyl groups is 1. The first-order chi connectivity index (χ1) is 19.4. The number of nitrogens with one attached hydrogen (secondary N) is 1. The SMILES string of the molecule is CC(C)c1cc(CNC(=O)Oc2ccccc2)c(O)c2c1C[C@H]1C[C@H]3CC(=O)C(C(N)=O)C(=O)[C@@]3(O)C(=O)C1C2=O. The van der Waals surface area contributed by atoms with Crippen LogP contribution in [0.4, 0.5) is 4.79 Å². The fourth-order valence-corrected chi connectivity index (χ4v) is 6.57. The second-order valence-corrected chi connectivity index (χ2v) is 11.3. The first-order valence-electron chi connectivity index (χ1n) is 13.4. The number of ketones is 4. The molecule has 11 heteroatoms. The van der Waals surface area contributed by atoms with Crippen molar-refractivity contribution < 1.29 is 43.7 Å². The summed E-state index contributed by atoms with van der Waals surface area (Å²) in [5.74, 6) is -10.5. The molecule has 0 aromatic heterocycles. The van der Waals surface area contributed by atoms with Crippen LogP contribution in [-0.4, -0.2) is 50.9 Å². The minimum Gasteiger partial charge on any atom is -0.507 e. The lowest BCUT2D eigenvalue weighted by Crippen LogP contribution is -2.68. The number of rotatable bonds is 5. The number of benzene rings is 2. The summed E-state index contributed by atoms with van der Waals surface area (Å²) in [7, 11) is 0. The highest BCUT2D eigenvalue weighted by Gasteiger charge is 2.66. The van der Waals surface area contributed by atoms with Crippen LogP contribution in [0.5, 0.6) is 11.5 Å². The third-order valence-corrected chi connectivity index (χ3v) is 8.51. The highest BCUT2D eigenvalue weighted by Crippen LogP contribution is 2.51.